The SMILES string of the molecule is Cl.Cl.O=C(CC1CC2CCC(C1)N2)NCCc1nccs1. The van der Waals surface area contributed by atoms with Crippen LogP contribution in [0.25, 0.3) is 0 Å². The van der Waals surface area contributed by atoms with Crippen LogP contribution < -0.4 is 10.6 Å². The monoisotopic (exact) mass is 351 g/mol. The van der Waals surface area contributed by atoms with Gasteiger partial charge in [0, 0.05) is 43.0 Å². The van der Waals surface area contributed by atoms with Crippen LogP contribution in [0.15, 0.2) is 11.6 Å². The number of piperidine rings is 1. The van der Waals surface area contributed by atoms with Crippen molar-refractivity contribution in [3.05, 3.63) is 16.6 Å². The van der Waals surface area contributed by atoms with Crippen LogP contribution in [0.1, 0.15) is 37.1 Å². The minimum atomic E-state index is 0. The molecular formula is C14H23Cl2N3OS. The van der Waals surface area contributed by atoms with Crippen molar-refractivity contribution in [3.8, 4) is 0 Å². The summed E-state index contributed by atoms with van der Waals surface area (Å²) in [6.07, 6.45) is 8.31. The van der Waals surface area contributed by atoms with Gasteiger partial charge in [-0.1, -0.05) is 0 Å². The predicted molar refractivity (Wildman–Crippen MR) is 90.6 cm³/mol. The van der Waals surface area contributed by atoms with Crippen molar-refractivity contribution in [3.63, 3.8) is 0 Å². The van der Waals surface area contributed by atoms with E-state index in [2.05, 4.69) is 15.6 Å². The molecule has 0 radical (unpaired) electrons. The molecule has 2 aliphatic rings. The van der Waals surface area contributed by atoms with Gasteiger partial charge in [0.25, 0.3) is 0 Å². The molecule has 0 aromatic carbocycles. The van der Waals surface area contributed by atoms with Gasteiger partial charge in [0.1, 0.15) is 0 Å². The van der Waals surface area contributed by atoms with Gasteiger partial charge in [0.15, 0.2) is 0 Å². The minimum Gasteiger partial charge on any atom is -0.356 e. The highest BCUT2D eigenvalue weighted by Gasteiger charge is 2.33. The Balaban J connectivity index is 0.00000110. The van der Waals surface area contributed by atoms with E-state index in [1.165, 1.54) is 25.7 Å². The standard InChI is InChI=1S/C14H21N3OS.2ClH/c18-13(15-4-3-14-16-5-6-19-14)9-10-7-11-1-2-12(8-10)17-11;;/h5-6,10-12,17H,1-4,7-9H2,(H,15,18);2*1H. The number of thiazole rings is 1. The van der Waals surface area contributed by atoms with Gasteiger partial charge in [0.05, 0.1) is 5.01 Å². The van der Waals surface area contributed by atoms with E-state index in [9.17, 15) is 4.79 Å². The molecule has 0 aliphatic carbocycles. The van der Waals surface area contributed by atoms with E-state index in [-0.39, 0.29) is 30.7 Å². The lowest BCUT2D eigenvalue weighted by Crippen LogP contribution is -2.39. The highest BCUT2D eigenvalue weighted by molar-refractivity contribution is 7.09. The Morgan fingerprint density at radius 2 is 2.05 bits per heavy atom. The van der Waals surface area contributed by atoms with Crippen LogP contribution in [0.4, 0.5) is 0 Å². The predicted octanol–water partition coefficient (Wildman–Crippen LogP) is 2.57. The molecule has 120 valence electrons. The Morgan fingerprint density at radius 1 is 1.33 bits per heavy atom. The maximum absolute atomic E-state index is 11.9. The highest BCUT2D eigenvalue weighted by Crippen LogP contribution is 2.32. The van der Waals surface area contributed by atoms with Crippen LogP contribution >= 0.6 is 36.2 Å². The molecule has 1 amide bonds. The first kappa shape index (κ1) is 18.7. The molecule has 4 nitrogen and oxygen atoms in total. The first-order chi connectivity index (χ1) is 9.29. The van der Waals surface area contributed by atoms with Gasteiger partial charge in [-0.2, -0.15) is 0 Å². The molecule has 2 atom stereocenters. The number of nitrogens with one attached hydrogen (secondary N) is 2. The Kier molecular flexibility index (Phi) is 7.95. The van der Waals surface area contributed by atoms with Gasteiger partial charge in [-0.3, -0.25) is 4.79 Å². The zero-order valence-electron chi connectivity index (χ0n) is 11.9. The van der Waals surface area contributed by atoms with Gasteiger partial charge >= 0.3 is 0 Å². The molecule has 1 aromatic heterocycles. The molecule has 2 saturated heterocycles. The fourth-order valence-corrected chi connectivity index (χ4v) is 3.98. The van der Waals surface area contributed by atoms with Gasteiger partial charge in [-0.05, 0) is 31.6 Å². The third-order valence-corrected chi connectivity index (χ3v) is 5.03. The summed E-state index contributed by atoms with van der Waals surface area (Å²) in [4.78, 5) is 16.1. The number of halogens is 2. The smallest absolute Gasteiger partial charge is 0.220 e. The van der Waals surface area contributed by atoms with Crippen molar-refractivity contribution in [1.29, 1.82) is 0 Å². The van der Waals surface area contributed by atoms with E-state index in [1.54, 1.807) is 11.3 Å². The number of carbonyl (C=O) groups excluding carboxylic acids is 1. The zero-order valence-corrected chi connectivity index (χ0v) is 14.4. The maximum atomic E-state index is 11.9. The van der Waals surface area contributed by atoms with Crippen LogP contribution in [0.5, 0.6) is 0 Å². The fourth-order valence-electron chi connectivity index (χ4n) is 3.36. The topological polar surface area (TPSA) is 54.0 Å². The summed E-state index contributed by atoms with van der Waals surface area (Å²) in [5.74, 6) is 0.793. The Bertz CT molecular complexity index is 418. The number of carbonyl (C=O) groups is 1. The molecular weight excluding hydrogens is 329 g/mol. The summed E-state index contributed by atoms with van der Waals surface area (Å²) in [5, 5.41) is 9.71. The molecule has 0 spiro atoms. The number of amides is 1. The molecule has 2 unspecified atom stereocenters. The van der Waals surface area contributed by atoms with Gasteiger partial charge in [-0.15, -0.1) is 36.2 Å². The Morgan fingerprint density at radius 3 is 2.67 bits per heavy atom. The molecule has 2 aliphatic heterocycles. The van der Waals surface area contributed by atoms with Gasteiger partial charge < -0.3 is 10.6 Å². The molecule has 2 bridgehead atoms. The second-order valence-electron chi connectivity index (χ2n) is 5.71. The second-order valence-corrected chi connectivity index (χ2v) is 6.68. The highest BCUT2D eigenvalue weighted by atomic mass is 35.5. The van der Waals surface area contributed by atoms with Crippen molar-refractivity contribution in [2.24, 2.45) is 5.92 Å². The lowest BCUT2D eigenvalue weighted by atomic mass is 9.89. The number of aromatic nitrogens is 1. The van der Waals surface area contributed by atoms with E-state index in [4.69, 9.17) is 0 Å². The van der Waals surface area contributed by atoms with Gasteiger partial charge in [0.2, 0.25) is 5.91 Å². The van der Waals surface area contributed by atoms with Crippen molar-refractivity contribution in [2.45, 2.75) is 50.6 Å². The minimum absolute atomic E-state index is 0. The largest absolute Gasteiger partial charge is 0.356 e. The summed E-state index contributed by atoms with van der Waals surface area (Å²) in [6.45, 7) is 0.712. The lowest BCUT2D eigenvalue weighted by Gasteiger charge is -2.28. The quantitative estimate of drug-likeness (QED) is 0.856. The molecule has 0 saturated carbocycles. The van der Waals surface area contributed by atoms with E-state index in [0.717, 1.165) is 11.4 Å². The van der Waals surface area contributed by atoms with Crippen LogP contribution in [-0.2, 0) is 11.2 Å². The summed E-state index contributed by atoms with van der Waals surface area (Å²) in [7, 11) is 0. The molecule has 3 heterocycles. The molecule has 3 rings (SSSR count). The molecule has 1 aromatic rings. The normalized spacial score (nSPS) is 26.6. The third-order valence-electron chi connectivity index (χ3n) is 4.19. The van der Waals surface area contributed by atoms with Crippen LogP contribution in [0, 0.1) is 5.92 Å². The van der Waals surface area contributed by atoms with E-state index in [0.29, 0.717) is 31.0 Å². The van der Waals surface area contributed by atoms with E-state index >= 15 is 0 Å². The summed E-state index contributed by atoms with van der Waals surface area (Å²) in [5.41, 5.74) is 0. The number of nitrogens with zero attached hydrogens (tertiary/aromatic N) is 1. The first-order valence-electron chi connectivity index (χ1n) is 7.20. The summed E-state index contributed by atoms with van der Waals surface area (Å²) >= 11 is 1.65. The fraction of sp³-hybridized carbons (Fsp3) is 0.714. The third kappa shape index (κ3) is 5.40. The molecule has 2 N–H and O–H groups in total. The number of fused-ring (bicyclic) bond motifs is 2. The zero-order chi connectivity index (χ0) is 13.1. The first-order valence-corrected chi connectivity index (χ1v) is 8.08. The summed E-state index contributed by atoms with van der Waals surface area (Å²) in [6, 6.07) is 1.35. The molecule has 21 heavy (non-hydrogen) atoms. The summed E-state index contributed by atoms with van der Waals surface area (Å²) < 4.78 is 0. The lowest BCUT2D eigenvalue weighted by molar-refractivity contribution is -0.122. The van der Waals surface area contributed by atoms with Crippen LogP contribution in [0.2, 0.25) is 0 Å². The van der Waals surface area contributed by atoms with Crippen LogP contribution in [-0.4, -0.2) is 29.5 Å². The Labute approximate surface area is 142 Å². The Hall–Kier alpha value is -0.360. The van der Waals surface area contributed by atoms with E-state index in [1.807, 2.05) is 11.6 Å². The number of hydrogen-bond acceptors (Lipinski definition) is 4. The number of rotatable bonds is 5. The average molecular weight is 352 g/mol. The van der Waals surface area contributed by atoms with E-state index < -0.39 is 0 Å². The number of hydrogen-bond donors (Lipinski definition) is 2. The van der Waals surface area contributed by atoms with Gasteiger partial charge in [-0.25, -0.2) is 4.98 Å². The molecule has 2 fully saturated rings. The van der Waals surface area contributed by atoms with Crippen molar-refractivity contribution >= 4 is 42.1 Å². The van der Waals surface area contributed by atoms with Crippen molar-refractivity contribution in [2.75, 3.05) is 6.54 Å². The molecule has 7 heteroatoms. The maximum Gasteiger partial charge on any atom is 0.220 e. The second kappa shape index (κ2) is 8.93. The van der Waals surface area contributed by atoms with Crippen molar-refractivity contribution in [1.82, 2.24) is 15.6 Å². The van der Waals surface area contributed by atoms with Crippen LogP contribution in [0.3, 0.4) is 0 Å². The van der Waals surface area contributed by atoms with Crippen molar-refractivity contribution < 1.29 is 4.79 Å². The average Bonchev–Trinajstić information content (AvgIpc) is 2.99.